The minimum absolute atomic E-state index is 0.0336. The Kier molecular flexibility index (Phi) is 2.75. The second-order valence-electron chi connectivity index (χ2n) is 2.38. The van der Waals surface area contributed by atoms with Crippen molar-refractivity contribution in [2.24, 2.45) is 7.05 Å². The molecule has 13 heavy (non-hydrogen) atoms. The largest absolute Gasteiger partial charge is 0.328 e. The zero-order valence-corrected chi connectivity index (χ0v) is 8.74. The highest BCUT2D eigenvalue weighted by molar-refractivity contribution is 6.66. The van der Waals surface area contributed by atoms with Crippen LogP contribution in [0.1, 0.15) is 5.69 Å². The van der Waals surface area contributed by atoms with Crippen LogP contribution in [0.25, 0.3) is 0 Å². The second-order valence-corrected chi connectivity index (χ2v) is 4.66. The van der Waals surface area contributed by atoms with Gasteiger partial charge in [-0.3, -0.25) is 14.3 Å². The molecule has 0 spiro atoms. The smallest absolute Gasteiger partial charge is 0.296 e. The molecule has 0 aliphatic carbocycles. The van der Waals surface area contributed by atoms with E-state index in [1.54, 1.807) is 0 Å². The van der Waals surface area contributed by atoms with E-state index >= 15 is 0 Å². The SMILES string of the molecule is Cn1c(C(Cl)(Cl)Cl)cc(=O)[nH]c1=O. The molecule has 1 aromatic heterocycles. The lowest BCUT2D eigenvalue weighted by molar-refractivity contribution is 0.742. The van der Waals surface area contributed by atoms with Crippen LogP contribution in [0.15, 0.2) is 15.7 Å². The first-order valence-electron chi connectivity index (χ1n) is 3.20. The number of aromatic amines is 1. The topological polar surface area (TPSA) is 54.9 Å². The van der Waals surface area contributed by atoms with Crippen molar-refractivity contribution in [2.75, 3.05) is 0 Å². The fourth-order valence-electron chi connectivity index (χ4n) is 0.828. The maximum Gasteiger partial charge on any atom is 0.328 e. The molecule has 0 fully saturated rings. The maximum absolute atomic E-state index is 11.0. The van der Waals surface area contributed by atoms with E-state index in [1.165, 1.54) is 7.05 Å². The van der Waals surface area contributed by atoms with Gasteiger partial charge < -0.3 is 0 Å². The highest BCUT2D eigenvalue weighted by Crippen LogP contribution is 2.36. The molecule has 0 bridgehead atoms. The average molecular weight is 243 g/mol. The molecule has 1 heterocycles. The van der Waals surface area contributed by atoms with E-state index in [4.69, 9.17) is 34.8 Å². The molecule has 72 valence electrons. The number of nitrogens with one attached hydrogen (secondary N) is 1. The van der Waals surface area contributed by atoms with Gasteiger partial charge in [-0.25, -0.2) is 4.79 Å². The summed E-state index contributed by atoms with van der Waals surface area (Å²) in [6.45, 7) is 0. The van der Waals surface area contributed by atoms with E-state index in [0.717, 1.165) is 10.6 Å². The number of halogens is 3. The van der Waals surface area contributed by atoms with E-state index in [1.807, 2.05) is 4.98 Å². The van der Waals surface area contributed by atoms with Crippen molar-refractivity contribution in [3.63, 3.8) is 0 Å². The summed E-state index contributed by atoms with van der Waals surface area (Å²) in [6.07, 6.45) is 0. The molecule has 0 amide bonds. The maximum atomic E-state index is 11.0. The molecule has 0 aromatic carbocycles. The summed E-state index contributed by atoms with van der Waals surface area (Å²) in [5.41, 5.74) is -1.18. The van der Waals surface area contributed by atoms with Crippen LogP contribution in [0.3, 0.4) is 0 Å². The normalized spacial score (nSPS) is 11.7. The molecule has 7 heteroatoms. The van der Waals surface area contributed by atoms with Crippen molar-refractivity contribution in [1.29, 1.82) is 0 Å². The van der Waals surface area contributed by atoms with Gasteiger partial charge in [0.1, 0.15) is 0 Å². The molecule has 0 atom stereocenters. The molecular formula is C6H5Cl3N2O2. The van der Waals surface area contributed by atoms with Gasteiger partial charge in [-0.1, -0.05) is 34.8 Å². The van der Waals surface area contributed by atoms with Gasteiger partial charge in [-0.05, 0) is 0 Å². The van der Waals surface area contributed by atoms with Crippen LogP contribution in [0.2, 0.25) is 0 Å². The number of hydrogen-bond acceptors (Lipinski definition) is 2. The third kappa shape index (κ3) is 2.27. The van der Waals surface area contributed by atoms with E-state index in [0.29, 0.717) is 0 Å². The Hall–Kier alpha value is -0.450. The Morgan fingerprint density at radius 2 is 1.92 bits per heavy atom. The van der Waals surface area contributed by atoms with Crippen molar-refractivity contribution in [1.82, 2.24) is 9.55 Å². The molecule has 0 aliphatic heterocycles. The van der Waals surface area contributed by atoms with Crippen molar-refractivity contribution in [2.45, 2.75) is 3.79 Å². The predicted molar refractivity (Wildman–Crippen MR) is 51.5 cm³/mol. The van der Waals surface area contributed by atoms with Crippen LogP contribution < -0.4 is 11.2 Å². The summed E-state index contributed by atoms with van der Waals surface area (Å²) in [5.74, 6) is 0. The quantitative estimate of drug-likeness (QED) is 0.688. The van der Waals surface area contributed by atoms with Gasteiger partial charge in [0, 0.05) is 13.1 Å². The third-order valence-corrected chi connectivity index (χ3v) is 2.04. The van der Waals surface area contributed by atoms with Gasteiger partial charge >= 0.3 is 5.69 Å². The second kappa shape index (κ2) is 3.36. The van der Waals surface area contributed by atoms with Crippen molar-refractivity contribution < 1.29 is 0 Å². The molecule has 0 saturated carbocycles. The molecule has 0 aliphatic rings. The van der Waals surface area contributed by atoms with E-state index in [9.17, 15) is 9.59 Å². The molecule has 1 N–H and O–H groups in total. The zero-order valence-electron chi connectivity index (χ0n) is 6.47. The standard InChI is InChI=1S/C6H5Cl3N2O2/c1-11-3(6(7,8)9)2-4(12)10-5(11)13/h2H,1H3,(H,10,12,13). The van der Waals surface area contributed by atoms with Gasteiger partial charge in [0.2, 0.25) is 3.79 Å². The van der Waals surface area contributed by atoms with Gasteiger partial charge in [-0.2, -0.15) is 0 Å². The minimum Gasteiger partial charge on any atom is -0.296 e. The molecule has 0 unspecified atom stereocenters. The zero-order chi connectivity index (χ0) is 10.2. The highest BCUT2D eigenvalue weighted by Gasteiger charge is 2.26. The first kappa shape index (κ1) is 10.6. The van der Waals surface area contributed by atoms with E-state index in [2.05, 4.69) is 0 Å². The van der Waals surface area contributed by atoms with Crippen LogP contribution in [0.4, 0.5) is 0 Å². The summed E-state index contributed by atoms with van der Waals surface area (Å²) in [5, 5.41) is 0. The Labute approximate surface area is 88.0 Å². The molecular weight excluding hydrogens is 238 g/mol. The Balaban J connectivity index is 3.56. The lowest BCUT2D eigenvalue weighted by atomic mass is 10.4. The van der Waals surface area contributed by atoms with Gasteiger partial charge in [0.25, 0.3) is 5.56 Å². The van der Waals surface area contributed by atoms with Crippen molar-refractivity contribution in [3.05, 3.63) is 32.6 Å². The Bertz CT molecular complexity index is 429. The van der Waals surface area contributed by atoms with Crippen molar-refractivity contribution in [3.8, 4) is 0 Å². The first-order valence-corrected chi connectivity index (χ1v) is 4.33. The number of hydrogen-bond donors (Lipinski definition) is 1. The molecule has 1 aromatic rings. The lowest BCUT2D eigenvalue weighted by Crippen LogP contribution is -2.32. The lowest BCUT2D eigenvalue weighted by Gasteiger charge is -2.13. The number of H-pyrrole nitrogens is 1. The fourth-order valence-corrected chi connectivity index (χ4v) is 1.37. The number of aromatic nitrogens is 2. The van der Waals surface area contributed by atoms with Crippen LogP contribution in [0.5, 0.6) is 0 Å². The minimum atomic E-state index is -1.78. The van der Waals surface area contributed by atoms with Crippen molar-refractivity contribution >= 4 is 34.8 Å². The fraction of sp³-hybridized carbons (Fsp3) is 0.333. The summed E-state index contributed by atoms with van der Waals surface area (Å²) >= 11 is 16.6. The monoisotopic (exact) mass is 242 g/mol. The third-order valence-electron chi connectivity index (χ3n) is 1.45. The van der Waals surface area contributed by atoms with Crippen LogP contribution >= 0.6 is 34.8 Å². The average Bonchev–Trinajstić information content (AvgIpc) is 1.94. The van der Waals surface area contributed by atoms with Crippen LogP contribution in [0, 0.1) is 0 Å². The van der Waals surface area contributed by atoms with Gasteiger partial charge in [0.05, 0.1) is 5.69 Å². The predicted octanol–water partition coefficient (Wildman–Crippen LogP) is 0.900. The van der Waals surface area contributed by atoms with E-state index in [-0.39, 0.29) is 5.69 Å². The number of alkyl halides is 3. The summed E-state index contributed by atoms with van der Waals surface area (Å²) < 4.78 is -0.712. The number of nitrogens with zero attached hydrogens (tertiary/aromatic N) is 1. The molecule has 0 radical (unpaired) electrons. The summed E-state index contributed by atoms with van der Waals surface area (Å²) in [4.78, 5) is 23.9. The Morgan fingerprint density at radius 1 is 1.38 bits per heavy atom. The molecule has 1 rings (SSSR count). The van der Waals surface area contributed by atoms with Gasteiger partial charge in [0.15, 0.2) is 0 Å². The van der Waals surface area contributed by atoms with Crippen LogP contribution in [-0.4, -0.2) is 9.55 Å². The Morgan fingerprint density at radius 3 is 2.38 bits per heavy atom. The van der Waals surface area contributed by atoms with Gasteiger partial charge in [-0.15, -0.1) is 0 Å². The summed E-state index contributed by atoms with van der Waals surface area (Å²) in [7, 11) is 1.40. The molecule has 0 saturated heterocycles. The highest BCUT2D eigenvalue weighted by atomic mass is 35.6. The molecule has 4 nitrogen and oxygen atoms in total. The van der Waals surface area contributed by atoms with Crippen LogP contribution in [-0.2, 0) is 10.8 Å². The summed E-state index contributed by atoms with van der Waals surface area (Å²) in [6, 6.07) is 1.06. The number of rotatable bonds is 0. The first-order chi connectivity index (χ1) is 5.82. The van der Waals surface area contributed by atoms with E-state index < -0.39 is 15.0 Å².